The minimum Gasteiger partial charge on any atom is -0.320 e. The molecule has 0 aliphatic rings. The van der Waals surface area contributed by atoms with E-state index in [1.807, 2.05) is 37.3 Å². The molecule has 4 aromatic rings. The molecule has 0 fully saturated rings. The largest absolute Gasteiger partial charge is 0.337 e. The summed E-state index contributed by atoms with van der Waals surface area (Å²) in [5, 5.41) is 0.906. The highest BCUT2D eigenvalue weighted by atomic mass is 35.5. The normalized spacial score (nSPS) is 11.3. The van der Waals surface area contributed by atoms with Crippen molar-refractivity contribution in [2.24, 2.45) is 0 Å². The van der Waals surface area contributed by atoms with Gasteiger partial charge in [0.15, 0.2) is 11.2 Å². The van der Waals surface area contributed by atoms with Crippen LogP contribution in [0.25, 0.3) is 16.9 Å². The number of fused-ring (bicyclic) bond motifs is 1. The van der Waals surface area contributed by atoms with Crippen LogP contribution in [0.4, 0.5) is 0 Å². The van der Waals surface area contributed by atoms with Crippen LogP contribution in [-0.4, -0.2) is 18.7 Å². The second kappa shape index (κ2) is 7.54. The molecule has 0 radical (unpaired) electrons. The summed E-state index contributed by atoms with van der Waals surface area (Å²) >= 11 is 12.1. The van der Waals surface area contributed by atoms with Crippen LogP contribution in [-0.2, 0) is 13.1 Å². The number of halogens is 2. The average Bonchev–Trinajstić information content (AvgIpc) is 3.10. The Morgan fingerprint density at radius 3 is 2.38 bits per heavy atom. The molecule has 0 N–H and O–H groups in total. The quantitative estimate of drug-likeness (QED) is 0.492. The number of hydrogen-bond donors (Lipinski definition) is 0. The van der Waals surface area contributed by atoms with Gasteiger partial charge in [0.1, 0.15) is 0 Å². The Hall–Kier alpha value is -2.83. The van der Waals surface area contributed by atoms with Crippen LogP contribution in [0.5, 0.6) is 0 Å². The Morgan fingerprint density at radius 1 is 1.00 bits per heavy atom. The Kier molecular flexibility index (Phi) is 5.06. The van der Waals surface area contributed by atoms with Gasteiger partial charge in [0.05, 0.1) is 22.1 Å². The SMILES string of the molecule is CCn1c(=O)c2c(ncn2Cc2ccc(Cl)c(Cl)c2)n(-c2ccc(C)cc2)c1=O. The molecule has 0 bridgehead atoms. The molecule has 8 heteroatoms. The summed E-state index contributed by atoms with van der Waals surface area (Å²) < 4.78 is 4.42. The topological polar surface area (TPSA) is 61.8 Å². The predicted molar refractivity (Wildman–Crippen MR) is 116 cm³/mol. The third-order valence-electron chi connectivity index (χ3n) is 4.85. The molecule has 29 heavy (non-hydrogen) atoms. The van der Waals surface area contributed by atoms with E-state index in [1.54, 1.807) is 30.0 Å². The highest BCUT2D eigenvalue weighted by molar-refractivity contribution is 6.42. The Bertz CT molecular complexity index is 1330. The molecular weight excluding hydrogens is 411 g/mol. The number of benzene rings is 2. The van der Waals surface area contributed by atoms with Gasteiger partial charge in [-0.1, -0.05) is 47.0 Å². The molecule has 0 aliphatic heterocycles. The van der Waals surface area contributed by atoms with E-state index in [0.717, 1.165) is 11.1 Å². The fourth-order valence-electron chi connectivity index (χ4n) is 3.34. The summed E-state index contributed by atoms with van der Waals surface area (Å²) in [6.07, 6.45) is 1.57. The fourth-order valence-corrected chi connectivity index (χ4v) is 3.66. The summed E-state index contributed by atoms with van der Waals surface area (Å²) in [6.45, 7) is 4.38. The maximum absolute atomic E-state index is 13.1. The maximum atomic E-state index is 13.1. The second-order valence-corrected chi connectivity index (χ2v) is 7.61. The minimum atomic E-state index is -0.409. The Labute approximate surface area is 176 Å². The lowest BCUT2D eigenvalue weighted by atomic mass is 10.2. The molecule has 148 valence electrons. The molecule has 0 atom stereocenters. The van der Waals surface area contributed by atoms with Crippen LogP contribution >= 0.6 is 23.2 Å². The van der Waals surface area contributed by atoms with Gasteiger partial charge in [-0.15, -0.1) is 0 Å². The highest BCUT2D eigenvalue weighted by Gasteiger charge is 2.18. The first-order valence-electron chi connectivity index (χ1n) is 9.12. The van der Waals surface area contributed by atoms with Gasteiger partial charge in [-0.25, -0.2) is 14.3 Å². The lowest BCUT2D eigenvalue weighted by Gasteiger charge is -2.12. The summed E-state index contributed by atoms with van der Waals surface area (Å²) in [5.74, 6) is 0. The fraction of sp³-hybridized carbons (Fsp3) is 0.190. The average molecular weight is 429 g/mol. The van der Waals surface area contributed by atoms with Gasteiger partial charge in [0.2, 0.25) is 0 Å². The van der Waals surface area contributed by atoms with Gasteiger partial charge in [0.25, 0.3) is 5.56 Å². The van der Waals surface area contributed by atoms with Crippen molar-refractivity contribution in [2.75, 3.05) is 0 Å². The van der Waals surface area contributed by atoms with Crippen LogP contribution in [0.1, 0.15) is 18.1 Å². The molecule has 0 amide bonds. The monoisotopic (exact) mass is 428 g/mol. The summed E-state index contributed by atoms with van der Waals surface area (Å²) in [5.41, 5.74) is 2.52. The van der Waals surface area contributed by atoms with Crippen LogP contribution in [0.2, 0.25) is 10.0 Å². The second-order valence-electron chi connectivity index (χ2n) is 6.80. The van der Waals surface area contributed by atoms with Gasteiger partial charge in [-0.3, -0.25) is 9.36 Å². The summed E-state index contributed by atoms with van der Waals surface area (Å²) in [4.78, 5) is 30.5. The van der Waals surface area contributed by atoms with Crippen molar-refractivity contribution >= 4 is 34.4 Å². The number of hydrogen-bond acceptors (Lipinski definition) is 3. The minimum absolute atomic E-state index is 0.261. The zero-order valence-corrected chi connectivity index (χ0v) is 17.4. The molecule has 6 nitrogen and oxygen atoms in total. The molecule has 0 aliphatic carbocycles. The van der Waals surface area contributed by atoms with Gasteiger partial charge in [-0.2, -0.15) is 0 Å². The van der Waals surface area contributed by atoms with Crippen molar-refractivity contribution in [1.29, 1.82) is 0 Å². The molecule has 2 heterocycles. The number of rotatable bonds is 4. The van der Waals surface area contributed by atoms with Gasteiger partial charge >= 0.3 is 5.69 Å². The molecule has 2 aromatic carbocycles. The number of aromatic nitrogens is 4. The van der Waals surface area contributed by atoms with E-state index in [2.05, 4.69) is 4.98 Å². The maximum Gasteiger partial charge on any atom is 0.337 e. The standard InChI is InChI=1S/C21H18Cl2N4O2/c1-3-26-20(28)18-19(27(21(26)29)15-7-4-13(2)5-8-15)24-12-25(18)11-14-6-9-16(22)17(23)10-14/h4-10,12H,3,11H2,1-2H3. The van der Waals surface area contributed by atoms with Gasteiger partial charge < -0.3 is 4.57 Å². The van der Waals surface area contributed by atoms with Crippen molar-refractivity contribution < 1.29 is 0 Å². The number of aryl methyl sites for hydroxylation is 1. The Balaban J connectivity index is 1.96. The third-order valence-corrected chi connectivity index (χ3v) is 5.58. The smallest absolute Gasteiger partial charge is 0.320 e. The van der Waals surface area contributed by atoms with E-state index >= 15 is 0 Å². The van der Waals surface area contributed by atoms with E-state index in [1.165, 1.54) is 9.13 Å². The van der Waals surface area contributed by atoms with Crippen molar-refractivity contribution in [1.82, 2.24) is 18.7 Å². The highest BCUT2D eigenvalue weighted by Crippen LogP contribution is 2.23. The van der Waals surface area contributed by atoms with Crippen molar-refractivity contribution in [3.63, 3.8) is 0 Å². The number of nitrogens with zero attached hydrogens (tertiary/aromatic N) is 4. The van der Waals surface area contributed by atoms with E-state index in [9.17, 15) is 9.59 Å². The van der Waals surface area contributed by atoms with E-state index < -0.39 is 5.69 Å². The van der Waals surface area contributed by atoms with Crippen molar-refractivity contribution in [3.8, 4) is 5.69 Å². The molecule has 0 saturated carbocycles. The van der Waals surface area contributed by atoms with Crippen molar-refractivity contribution in [3.05, 3.63) is 90.8 Å². The molecule has 0 unspecified atom stereocenters. The van der Waals surface area contributed by atoms with E-state index in [-0.39, 0.29) is 12.1 Å². The molecule has 4 rings (SSSR count). The summed E-state index contributed by atoms with van der Waals surface area (Å²) in [6, 6.07) is 12.8. The lowest BCUT2D eigenvalue weighted by molar-refractivity contribution is 0.655. The predicted octanol–water partition coefficient (Wildman–Crippen LogP) is 4.03. The number of imidazole rings is 1. The van der Waals surface area contributed by atoms with Crippen LogP contribution < -0.4 is 11.2 Å². The first-order chi connectivity index (χ1) is 13.9. The van der Waals surface area contributed by atoms with E-state index in [0.29, 0.717) is 33.4 Å². The van der Waals surface area contributed by atoms with Crippen LogP contribution in [0, 0.1) is 6.92 Å². The van der Waals surface area contributed by atoms with Crippen LogP contribution in [0.15, 0.2) is 58.4 Å². The first-order valence-corrected chi connectivity index (χ1v) is 9.88. The molecule has 2 aromatic heterocycles. The van der Waals surface area contributed by atoms with Gasteiger partial charge in [0, 0.05) is 13.1 Å². The zero-order valence-electron chi connectivity index (χ0n) is 15.9. The van der Waals surface area contributed by atoms with Gasteiger partial charge in [-0.05, 0) is 43.7 Å². The van der Waals surface area contributed by atoms with E-state index in [4.69, 9.17) is 23.2 Å². The third kappa shape index (κ3) is 3.39. The Morgan fingerprint density at radius 2 is 1.72 bits per heavy atom. The zero-order chi connectivity index (χ0) is 20.7. The summed E-state index contributed by atoms with van der Waals surface area (Å²) in [7, 11) is 0. The lowest BCUT2D eigenvalue weighted by Crippen LogP contribution is -2.39. The first kappa shape index (κ1) is 19.5. The van der Waals surface area contributed by atoms with Crippen LogP contribution in [0.3, 0.4) is 0 Å². The molecular formula is C21H18Cl2N4O2. The molecule has 0 spiro atoms. The molecule has 0 saturated heterocycles. The van der Waals surface area contributed by atoms with Crippen molar-refractivity contribution in [2.45, 2.75) is 26.9 Å².